The van der Waals surface area contributed by atoms with E-state index in [0.29, 0.717) is 12.0 Å². The lowest BCUT2D eigenvalue weighted by atomic mass is 9.86. The van der Waals surface area contributed by atoms with Gasteiger partial charge in [-0.15, -0.1) is 0 Å². The number of rotatable bonds is 3. The van der Waals surface area contributed by atoms with Crippen LogP contribution in [0.15, 0.2) is 30.3 Å². The first-order chi connectivity index (χ1) is 10.3. The third-order valence-electron chi connectivity index (χ3n) is 5.10. The summed E-state index contributed by atoms with van der Waals surface area (Å²) in [6.45, 7) is 1.55. The van der Waals surface area contributed by atoms with E-state index in [1.54, 1.807) is 0 Å². The van der Waals surface area contributed by atoms with Gasteiger partial charge >= 0.3 is 0 Å². The van der Waals surface area contributed by atoms with Crippen LogP contribution in [0.4, 0.5) is 0 Å². The molecular weight excluding hydrogens is 262 g/mol. The van der Waals surface area contributed by atoms with Crippen LogP contribution in [0.5, 0.6) is 0 Å². The fourth-order valence-corrected chi connectivity index (χ4v) is 3.58. The van der Waals surface area contributed by atoms with Crippen molar-refractivity contribution in [2.75, 3.05) is 13.2 Å². The third-order valence-corrected chi connectivity index (χ3v) is 5.10. The molecule has 0 bridgehead atoms. The molecule has 1 saturated carbocycles. The number of fused-ring (bicyclic) bond motifs is 1. The van der Waals surface area contributed by atoms with E-state index in [4.69, 9.17) is 4.74 Å². The van der Waals surface area contributed by atoms with Crippen molar-refractivity contribution in [3.8, 4) is 0 Å². The van der Waals surface area contributed by atoms with E-state index in [2.05, 4.69) is 29.6 Å². The number of carbonyl (C=O) groups excluding carboxylic acids is 1. The van der Waals surface area contributed by atoms with Crippen LogP contribution in [0.3, 0.4) is 0 Å². The number of hydrogen-bond acceptors (Lipinski definition) is 2. The maximum atomic E-state index is 12.5. The van der Waals surface area contributed by atoms with E-state index < -0.39 is 0 Å². The standard InChI is InChI=1S/C18H21NO2/c20-17(19-11-14-10-18(8-9-18)12-21-14)16-7-3-5-13-4-1-2-6-15(13)16/h1-6,14,16H,7-12H2,(H,19,20). The van der Waals surface area contributed by atoms with E-state index in [-0.39, 0.29) is 17.9 Å². The van der Waals surface area contributed by atoms with Crippen LogP contribution in [0.1, 0.15) is 42.7 Å². The third kappa shape index (κ3) is 2.51. The van der Waals surface area contributed by atoms with Crippen molar-refractivity contribution in [1.82, 2.24) is 5.32 Å². The smallest absolute Gasteiger partial charge is 0.227 e. The van der Waals surface area contributed by atoms with Crippen molar-refractivity contribution in [2.45, 2.75) is 37.7 Å². The van der Waals surface area contributed by atoms with Gasteiger partial charge < -0.3 is 10.1 Å². The van der Waals surface area contributed by atoms with Gasteiger partial charge in [-0.05, 0) is 42.2 Å². The maximum Gasteiger partial charge on any atom is 0.227 e. The number of carbonyl (C=O) groups is 1. The maximum absolute atomic E-state index is 12.5. The SMILES string of the molecule is O=C(NCC1CC2(CC2)CO1)C1CC=Cc2ccccc21. The van der Waals surface area contributed by atoms with Crippen LogP contribution < -0.4 is 5.32 Å². The Morgan fingerprint density at radius 3 is 3.00 bits per heavy atom. The highest BCUT2D eigenvalue weighted by Crippen LogP contribution is 2.53. The molecule has 4 rings (SSSR count). The summed E-state index contributed by atoms with van der Waals surface area (Å²) >= 11 is 0. The van der Waals surface area contributed by atoms with Gasteiger partial charge in [-0.2, -0.15) is 0 Å². The van der Waals surface area contributed by atoms with Gasteiger partial charge in [-0.3, -0.25) is 4.79 Å². The Hall–Kier alpha value is -1.61. The molecule has 0 radical (unpaired) electrons. The average molecular weight is 283 g/mol. The highest BCUT2D eigenvalue weighted by molar-refractivity contribution is 5.86. The summed E-state index contributed by atoms with van der Waals surface area (Å²) in [6, 6.07) is 8.16. The molecule has 1 heterocycles. The molecule has 3 heteroatoms. The summed E-state index contributed by atoms with van der Waals surface area (Å²) in [5.41, 5.74) is 2.79. The van der Waals surface area contributed by atoms with Crippen molar-refractivity contribution >= 4 is 12.0 Å². The molecule has 21 heavy (non-hydrogen) atoms. The molecule has 1 saturated heterocycles. The van der Waals surface area contributed by atoms with Crippen LogP contribution in [-0.4, -0.2) is 25.2 Å². The summed E-state index contributed by atoms with van der Waals surface area (Å²) in [5, 5.41) is 3.10. The zero-order valence-electron chi connectivity index (χ0n) is 12.2. The molecule has 3 nitrogen and oxygen atoms in total. The normalized spacial score (nSPS) is 28.4. The van der Waals surface area contributed by atoms with Crippen LogP contribution in [0, 0.1) is 5.41 Å². The van der Waals surface area contributed by atoms with Gasteiger partial charge in [0.25, 0.3) is 0 Å². The van der Waals surface area contributed by atoms with Gasteiger partial charge in [-0.1, -0.05) is 36.4 Å². The first-order valence-corrected chi connectivity index (χ1v) is 7.91. The van der Waals surface area contributed by atoms with Gasteiger partial charge in [0.2, 0.25) is 5.91 Å². The molecule has 1 aromatic rings. The molecule has 0 aromatic heterocycles. The first-order valence-electron chi connectivity index (χ1n) is 7.91. The highest BCUT2D eigenvalue weighted by atomic mass is 16.5. The van der Waals surface area contributed by atoms with Gasteiger partial charge in [0.1, 0.15) is 0 Å². The molecule has 110 valence electrons. The zero-order chi connectivity index (χ0) is 14.3. The lowest BCUT2D eigenvalue weighted by Gasteiger charge is -2.22. The van der Waals surface area contributed by atoms with Gasteiger partial charge in [0.15, 0.2) is 0 Å². The number of nitrogens with one attached hydrogen (secondary N) is 1. The minimum atomic E-state index is -0.0533. The monoisotopic (exact) mass is 283 g/mol. The van der Waals surface area contributed by atoms with Crippen molar-refractivity contribution in [3.63, 3.8) is 0 Å². The van der Waals surface area contributed by atoms with Gasteiger partial charge in [0, 0.05) is 6.54 Å². The Bertz CT molecular complexity index is 589. The Morgan fingerprint density at radius 1 is 1.33 bits per heavy atom. The largest absolute Gasteiger partial charge is 0.376 e. The van der Waals surface area contributed by atoms with Gasteiger partial charge in [0.05, 0.1) is 18.6 Å². The first kappa shape index (κ1) is 13.1. The predicted molar refractivity (Wildman–Crippen MR) is 81.9 cm³/mol. The Labute approximate surface area is 125 Å². The second-order valence-corrected chi connectivity index (χ2v) is 6.70. The molecule has 1 N–H and O–H groups in total. The molecule has 1 amide bonds. The van der Waals surface area contributed by atoms with E-state index in [1.807, 2.05) is 12.1 Å². The van der Waals surface area contributed by atoms with E-state index in [0.717, 1.165) is 30.6 Å². The summed E-state index contributed by atoms with van der Waals surface area (Å²) < 4.78 is 5.81. The van der Waals surface area contributed by atoms with Crippen LogP contribution >= 0.6 is 0 Å². The summed E-state index contributed by atoms with van der Waals surface area (Å²) in [7, 11) is 0. The second kappa shape index (κ2) is 4.99. The second-order valence-electron chi connectivity index (χ2n) is 6.70. The van der Waals surface area contributed by atoms with Crippen molar-refractivity contribution in [2.24, 2.45) is 5.41 Å². The summed E-state index contributed by atoms with van der Waals surface area (Å²) in [6.07, 6.45) is 8.93. The van der Waals surface area contributed by atoms with E-state index in [1.165, 1.54) is 12.8 Å². The zero-order valence-corrected chi connectivity index (χ0v) is 12.2. The van der Waals surface area contributed by atoms with Crippen molar-refractivity contribution in [3.05, 3.63) is 41.5 Å². The minimum Gasteiger partial charge on any atom is -0.376 e. The van der Waals surface area contributed by atoms with Gasteiger partial charge in [-0.25, -0.2) is 0 Å². The topological polar surface area (TPSA) is 38.3 Å². The molecule has 1 aromatic carbocycles. The molecule has 2 aliphatic carbocycles. The van der Waals surface area contributed by atoms with E-state index in [9.17, 15) is 4.79 Å². The molecule has 1 spiro atoms. The highest BCUT2D eigenvalue weighted by Gasteiger charge is 2.49. The average Bonchev–Trinajstić information content (AvgIpc) is 3.15. The van der Waals surface area contributed by atoms with Crippen molar-refractivity contribution in [1.29, 1.82) is 0 Å². The Morgan fingerprint density at radius 2 is 2.19 bits per heavy atom. The fraction of sp³-hybridized carbons (Fsp3) is 0.500. The van der Waals surface area contributed by atoms with E-state index >= 15 is 0 Å². The molecule has 2 unspecified atom stereocenters. The quantitative estimate of drug-likeness (QED) is 0.926. The molecular formula is C18H21NO2. The van der Waals surface area contributed by atoms with Crippen molar-refractivity contribution < 1.29 is 9.53 Å². The fourth-order valence-electron chi connectivity index (χ4n) is 3.58. The molecule has 2 fully saturated rings. The van der Waals surface area contributed by atoms with Crippen LogP contribution in [0.2, 0.25) is 0 Å². The minimum absolute atomic E-state index is 0.0533. The van der Waals surface area contributed by atoms with Crippen LogP contribution in [0.25, 0.3) is 6.08 Å². The Balaban J connectivity index is 1.38. The molecule has 2 atom stereocenters. The lowest BCUT2D eigenvalue weighted by Crippen LogP contribution is -2.35. The van der Waals surface area contributed by atoms with Crippen LogP contribution in [-0.2, 0) is 9.53 Å². The number of benzene rings is 1. The summed E-state index contributed by atoms with van der Waals surface area (Å²) in [4.78, 5) is 12.5. The predicted octanol–water partition coefficient (Wildman–Crippen LogP) is 2.87. The molecule has 3 aliphatic rings. The summed E-state index contributed by atoms with van der Waals surface area (Å²) in [5.74, 6) is 0.0784. The molecule has 1 aliphatic heterocycles. The Kier molecular flexibility index (Phi) is 3.11. The number of hydrogen-bond donors (Lipinski definition) is 1. The lowest BCUT2D eigenvalue weighted by molar-refractivity contribution is -0.123. The number of amides is 1. The number of ether oxygens (including phenoxy) is 1. The number of allylic oxidation sites excluding steroid dienone is 1.